The first-order valence-electron chi connectivity index (χ1n) is 10.9. The number of methoxy groups -OCH3 is 1. The zero-order chi connectivity index (χ0) is 24.6. The maximum atomic E-state index is 13.4. The molecule has 0 bridgehead atoms. The summed E-state index contributed by atoms with van der Waals surface area (Å²) in [6.45, 7) is 7.54. The van der Waals surface area contributed by atoms with Crippen molar-refractivity contribution in [2.24, 2.45) is 0 Å². The maximum Gasteiger partial charge on any atom is 0.325 e. The first kappa shape index (κ1) is 23.3. The van der Waals surface area contributed by atoms with Crippen molar-refractivity contribution >= 4 is 17.7 Å². The molecule has 1 N–H and O–H groups in total. The van der Waals surface area contributed by atoms with E-state index in [0.29, 0.717) is 23.4 Å². The molecule has 1 aromatic carbocycles. The van der Waals surface area contributed by atoms with Gasteiger partial charge in [-0.25, -0.2) is 9.48 Å². The number of imide groups is 1. The van der Waals surface area contributed by atoms with Crippen LogP contribution in [0.1, 0.15) is 47.2 Å². The van der Waals surface area contributed by atoms with Gasteiger partial charge in [0, 0.05) is 24.1 Å². The van der Waals surface area contributed by atoms with Crippen molar-refractivity contribution in [2.45, 2.75) is 39.3 Å². The van der Waals surface area contributed by atoms with Crippen LogP contribution >= 0.6 is 0 Å². The predicted molar refractivity (Wildman–Crippen MR) is 122 cm³/mol. The number of nitrogens with one attached hydrogen (secondary N) is 1. The van der Waals surface area contributed by atoms with Crippen LogP contribution in [0.15, 0.2) is 36.7 Å². The Hall–Kier alpha value is -3.86. The number of hydrogen-bond acceptors (Lipinski definition) is 7. The summed E-state index contributed by atoms with van der Waals surface area (Å²) >= 11 is 0. The first-order valence-corrected chi connectivity index (χ1v) is 10.9. The Bertz CT molecular complexity index is 1250. The number of ether oxygens (including phenoxy) is 1. The number of ketones is 1. The molecule has 2 atom stereocenters. The minimum absolute atomic E-state index is 0.0408. The normalized spacial score (nSPS) is 18.9. The molecule has 34 heavy (non-hydrogen) atoms. The lowest BCUT2D eigenvalue weighted by Crippen LogP contribution is -2.41. The third kappa shape index (κ3) is 3.87. The lowest BCUT2D eigenvalue weighted by atomic mass is 9.91. The number of aryl methyl sites for hydroxylation is 1. The van der Waals surface area contributed by atoms with E-state index >= 15 is 0 Å². The quantitative estimate of drug-likeness (QED) is 0.398. The molecular weight excluding hydrogens is 438 g/mol. The van der Waals surface area contributed by atoms with Gasteiger partial charge in [0.15, 0.2) is 5.78 Å². The second kappa shape index (κ2) is 8.82. The Labute approximate surface area is 196 Å². The van der Waals surface area contributed by atoms with Gasteiger partial charge >= 0.3 is 6.03 Å². The fourth-order valence-corrected chi connectivity index (χ4v) is 4.56. The number of Topliss-reactive ketones (excluding diaryl/α,β-unsaturated/α-hetero) is 1. The zero-order valence-corrected chi connectivity index (χ0v) is 19.8. The van der Waals surface area contributed by atoms with Crippen molar-refractivity contribution in [3.8, 4) is 5.69 Å². The van der Waals surface area contributed by atoms with Crippen LogP contribution in [0.5, 0.6) is 0 Å². The Morgan fingerprint density at radius 3 is 2.68 bits per heavy atom. The summed E-state index contributed by atoms with van der Waals surface area (Å²) in [5.74, 6) is -0.805. The number of hydrogen-bond donors (Lipinski definition) is 1. The summed E-state index contributed by atoms with van der Waals surface area (Å²) in [6, 6.07) is 8.21. The summed E-state index contributed by atoms with van der Waals surface area (Å²) in [4.78, 5) is 40.3. The van der Waals surface area contributed by atoms with Crippen molar-refractivity contribution in [1.82, 2.24) is 35.0 Å². The van der Waals surface area contributed by atoms with Crippen LogP contribution in [-0.4, -0.2) is 67.7 Å². The average molecular weight is 466 g/mol. The fourth-order valence-electron chi connectivity index (χ4n) is 4.56. The zero-order valence-electron chi connectivity index (χ0n) is 19.8. The molecule has 0 spiro atoms. The van der Waals surface area contributed by atoms with E-state index in [1.165, 1.54) is 11.0 Å². The lowest BCUT2D eigenvalue weighted by Gasteiger charge is -2.22. The highest BCUT2D eigenvalue weighted by Crippen LogP contribution is 2.30. The van der Waals surface area contributed by atoms with E-state index in [0.717, 1.165) is 16.3 Å². The molecule has 3 amide bonds. The number of carbonyl (C=O) groups is 3. The number of rotatable bonds is 8. The van der Waals surface area contributed by atoms with Crippen molar-refractivity contribution < 1.29 is 19.1 Å². The van der Waals surface area contributed by atoms with Crippen molar-refractivity contribution in [3.63, 3.8) is 0 Å². The minimum Gasteiger partial charge on any atom is -0.383 e. The van der Waals surface area contributed by atoms with Crippen LogP contribution in [0.4, 0.5) is 4.79 Å². The molecule has 3 heterocycles. The molecule has 3 aromatic rings. The molecule has 0 saturated carbocycles. The second-order valence-corrected chi connectivity index (χ2v) is 8.63. The van der Waals surface area contributed by atoms with Crippen molar-refractivity contribution in [1.29, 1.82) is 0 Å². The fraction of sp³-hybridized carbons (Fsp3) is 0.391. The monoisotopic (exact) mass is 465 g/mol. The third-order valence-electron chi connectivity index (χ3n) is 6.25. The van der Waals surface area contributed by atoms with Gasteiger partial charge in [-0.3, -0.25) is 14.5 Å². The highest BCUT2D eigenvalue weighted by molar-refractivity contribution is 6.11. The molecule has 1 aliphatic heterocycles. The van der Waals surface area contributed by atoms with Gasteiger partial charge in [-0.2, -0.15) is 0 Å². The number of nitrogens with zero attached hydrogens (tertiary/aromatic N) is 6. The van der Waals surface area contributed by atoms with E-state index in [-0.39, 0.29) is 18.4 Å². The van der Waals surface area contributed by atoms with Gasteiger partial charge in [0.1, 0.15) is 11.9 Å². The lowest BCUT2D eigenvalue weighted by molar-refractivity contribution is -0.130. The minimum atomic E-state index is -1.33. The summed E-state index contributed by atoms with van der Waals surface area (Å²) in [5, 5.41) is 13.8. The van der Waals surface area contributed by atoms with Gasteiger partial charge in [-0.05, 0) is 61.9 Å². The van der Waals surface area contributed by atoms with Crippen LogP contribution in [0, 0.1) is 13.8 Å². The Morgan fingerprint density at radius 2 is 2.00 bits per heavy atom. The highest BCUT2D eigenvalue weighted by atomic mass is 16.5. The van der Waals surface area contributed by atoms with E-state index < -0.39 is 17.5 Å². The SMILES string of the molecule is COC[C@H](C)n1c(C)cc(C(=O)CN2C(=O)N[C@@](C)(c3cccc(-n4cnnn4)c3)C2=O)c1C. The van der Waals surface area contributed by atoms with Crippen LogP contribution in [0.3, 0.4) is 0 Å². The molecule has 2 aromatic heterocycles. The van der Waals surface area contributed by atoms with Crippen LogP contribution in [-0.2, 0) is 15.1 Å². The molecule has 1 fully saturated rings. The van der Waals surface area contributed by atoms with Gasteiger partial charge < -0.3 is 14.6 Å². The van der Waals surface area contributed by atoms with Gasteiger partial charge in [0.2, 0.25) is 0 Å². The molecule has 0 aliphatic carbocycles. The summed E-state index contributed by atoms with van der Waals surface area (Å²) in [5.41, 5.74) is 2.03. The largest absolute Gasteiger partial charge is 0.383 e. The van der Waals surface area contributed by atoms with E-state index in [1.807, 2.05) is 25.3 Å². The molecule has 1 aliphatic rings. The van der Waals surface area contributed by atoms with Gasteiger partial charge in [-0.15, -0.1) is 5.10 Å². The molecule has 4 rings (SSSR count). The standard InChI is InChI=1S/C23H27N7O4/c1-14-9-19(16(3)30(14)15(2)12-34-5)20(31)11-28-21(32)23(4,25-22(28)33)17-7-6-8-18(10-17)29-13-24-26-27-29/h6-10,13,15H,11-12H2,1-5H3,(H,25,33)/t15-,23-/m0/s1. The van der Waals surface area contributed by atoms with Crippen LogP contribution in [0.25, 0.3) is 5.69 Å². The highest BCUT2D eigenvalue weighted by Gasteiger charge is 2.49. The predicted octanol–water partition coefficient (Wildman–Crippen LogP) is 1.94. The summed E-state index contributed by atoms with van der Waals surface area (Å²) < 4.78 is 8.73. The van der Waals surface area contributed by atoms with Crippen molar-refractivity contribution in [2.75, 3.05) is 20.3 Å². The number of amides is 3. The average Bonchev–Trinajstić information content (AvgIpc) is 3.49. The summed E-state index contributed by atoms with van der Waals surface area (Å²) in [6.07, 6.45) is 1.44. The third-order valence-corrected chi connectivity index (χ3v) is 6.25. The van der Waals surface area contributed by atoms with E-state index in [4.69, 9.17) is 4.74 Å². The first-order chi connectivity index (χ1) is 16.2. The molecule has 0 unspecified atom stereocenters. The summed E-state index contributed by atoms with van der Waals surface area (Å²) in [7, 11) is 1.63. The van der Waals surface area contributed by atoms with Crippen molar-refractivity contribution in [3.05, 3.63) is 59.2 Å². The smallest absolute Gasteiger partial charge is 0.325 e. The Balaban J connectivity index is 1.58. The number of tetrazole rings is 1. The van der Waals surface area contributed by atoms with Gasteiger partial charge in [-0.1, -0.05) is 12.1 Å². The van der Waals surface area contributed by atoms with E-state index in [2.05, 4.69) is 20.8 Å². The molecule has 11 nitrogen and oxygen atoms in total. The molecule has 11 heteroatoms. The molecule has 1 saturated heterocycles. The molecule has 0 radical (unpaired) electrons. The topological polar surface area (TPSA) is 124 Å². The number of urea groups is 1. The van der Waals surface area contributed by atoms with E-state index in [9.17, 15) is 14.4 Å². The number of aromatic nitrogens is 5. The van der Waals surface area contributed by atoms with Crippen LogP contribution in [0.2, 0.25) is 0 Å². The van der Waals surface area contributed by atoms with E-state index in [1.54, 1.807) is 44.4 Å². The number of benzene rings is 1. The maximum absolute atomic E-state index is 13.4. The second-order valence-electron chi connectivity index (χ2n) is 8.63. The van der Waals surface area contributed by atoms with Crippen LogP contribution < -0.4 is 5.32 Å². The Kier molecular flexibility index (Phi) is 6.05. The van der Waals surface area contributed by atoms with Gasteiger partial charge in [0.25, 0.3) is 5.91 Å². The molecular formula is C23H27N7O4. The number of carbonyl (C=O) groups excluding carboxylic acids is 3. The van der Waals surface area contributed by atoms with Gasteiger partial charge in [0.05, 0.1) is 24.9 Å². The molecule has 178 valence electrons. The Morgan fingerprint density at radius 1 is 1.24 bits per heavy atom.